The summed E-state index contributed by atoms with van der Waals surface area (Å²) < 4.78 is 203. The molecule has 0 aliphatic heterocycles. The van der Waals surface area contributed by atoms with Gasteiger partial charge in [0.15, 0.2) is 21.3 Å². The van der Waals surface area contributed by atoms with Crippen molar-refractivity contribution in [3.63, 3.8) is 0 Å². The third-order valence-electron chi connectivity index (χ3n) is 12.0. The number of aromatic nitrogens is 5. The number of sulfonamides is 1. The number of amides is 2. The van der Waals surface area contributed by atoms with Crippen LogP contribution in [0.15, 0.2) is 42.5 Å². The monoisotopic (exact) mass is 1100 g/mol. The Kier molecular flexibility index (Phi) is 15.4. The molecule has 2 aromatic carbocycles. The number of aryl methyl sites for hydroxylation is 1. The minimum Gasteiger partial charge on any atom is -0.481 e. The van der Waals surface area contributed by atoms with Crippen LogP contribution >= 0.6 is 11.6 Å². The quantitative estimate of drug-likeness (QED) is 0.0837. The molecule has 3 heterocycles. The van der Waals surface area contributed by atoms with Crippen LogP contribution in [0.4, 0.5) is 54.5 Å². The highest BCUT2D eigenvalue weighted by atomic mass is 35.5. The number of nitrogens with one attached hydrogen (secondary N) is 1. The average molecular weight is 1100 g/mol. The number of carboxylic acids is 1. The Morgan fingerprint density at radius 1 is 0.959 bits per heavy atom. The molecule has 2 N–H and O–H groups in total. The van der Waals surface area contributed by atoms with E-state index in [9.17, 15) is 71.4 Å². The standard InChI is InChI=1S/C44H44ClF10N7O9S2/c1-21-13-29-37(44(53,54)55)58-60(38(29)43(21,51)52)19-32(63)57-31(17-23-15-24(46)18-25(47)16-23)35-27(8-7-26(56-35)11-12-41(3,4)72(5,67)68)28-9-10-30(45)34-36(28)61(20-42(48,49)50)59-39(34)62(73(6,69)70)40(66)71-22(2)14-33(64)65/h7-10,15-16,18,21-22,31H,11-14,17,19-20H2,1-6H3,(H,57,63)(H,64,65)/t21-,22+,31+/m1/s1. The first-order valence-electron chi connectivity index (χ1n) is 21.6. The van der Waals surface area contributed by atoms with Gasteiger partial charge in [0, 0.05) is 40.6 Å². The molecule has 29 heteroatoms. The van der Waals surface area contributed by atoms with E-state index in [2.05, 4.69) is 20.5 Å². The van der Waals surface area contributed by atoms with Gasteiger partial charge in [0.1, 0.15) is 36.5 Å². The van der Waals surface area contributed by atoms with Crippen molar-refractivity contribution in [3.05, 3.63) is 93.0 Å². The van der Waals surface area contributed by atoms with Crippen LogP contribution in [0.1, 0.15) is 80.5 Å². The number of fused-ring (bicyclic) bond motifs is 2. The van der Waals surface area contributed by atoms with Gasteiger partial charge < -0.3 is 15.2 Å². The molecule has 16 nitrogen and oxygen atoms in total. The van der Waals surface area contributed by atoms with Gasteiger partial charge >= 0.3 is 24.4 Å². The molecule has 0 saturated heterocycles. The molecule has 0 spiro atoms. The molecule has 0 radical (unpaired) electrons. The summed E-state index contributed by atoms with van der Waals surface area (Å²) in [6.45, 7) is 1.49. The molecule has 6 rings (SSSR count). The number of carbonyl (C=O) groups is 3. The number of hydrogen-bond acceptors (Lipinski definition) is 11. The van der Waals surface area contributed by atoms with Gasteiger partial charge in [-0.1, -0.05) is 30.7 Å². The number of nitrogens with zero attached hydrogens (tertiary/aromatic N) is 6. The average Bonchev–Trinajstić information content (AvgIpc) is 3.83. The predicted molar refractivity (Wildman–Crippen MR) is 242 cm³/mol. The molecule has 0 fully saturated rings. The van der Waals surface area contributed by atoms with Gasteiger partial charge in [-0.3, -0.25) is 23.9 Å². The minimum atomic E-state index is -5.25. The summed E-state index contributed by atoms with van der Waals surface area (Å²) in [6, 6.07) is 4.91. The summed E-state index contributed by atoms with van der Waals surface area (Å²) in [5.74, 6) is -11.8. The molecule has 1 aliphatic rings. The number of alkyl halides is 8. The van der Waals surface area contributed by atoms with Crippen LogP contribution in [0.2, 0.25) is 5.02 Å². The SMILES string of the molecule is C[C@@H]1Cc2c(C(F)(F)F)nn(CC(=O)N[C@@H](Cc3cc(F)cc(F)c3)c3nc(CCC(C)(C)S(C)(=O)=O)ccc3-c3ccc(Cl)c4c(N(C(=O)O[C@@H](C)CC(=O)O)S(C)(=O)=O)nn(CC(F)(F)F)c34)c2C1(F)F. The number of ether oxygens (including phenoxy) is 1. The maximum Gasteiger partial charge on any atom is 0.435 e. The van der Waals surface area contributed by atoms with Gasteiger partial charge in [-0.05, 0) is 76.3 Å². The van der Waals surface area contributed by atoms with Gasteiger partial charge in [-0.25, -0.2) is 30.4 Å². The number of hydrogen-bond donors (Lipinski definition) is 2. The van der Waals surface area contributed by atoms with Gasteiger partial charge in [0.05, 0.1) is 45.1 Å². The number of anilines is 1. The fourth-order valence-electron chi connectivity index (χ4n) is 8.19. The number of carbonyl (C=O) groups excluding carboxylic acids is 2. The van der Waals surface area contributed by atoms with Crippen LogP contribution in [0.5, 0.6) is 0 Å². The van der Waals surface area contributed by atoms with Gasteiger partial charge in [-0.15, -0.1) is 0 Å². The van der Waals surface area contributed by atoms with Crippen molar-refractivity contribution >= 4 is 66.2 Å². The van der Waals surface area contributed by atoms with Crippen molar-refractivity contribution in [1.29, 1.82) is 0 Å². The summed E-state index contributed by atoms with van der Waals surface area (Å²) >= 11 is 6.60. The highest BCUT2D eigenvalue weighted by Gasteiger charge is 2.54. The highest BCUT2D eigenvalue weighted by molar-refractivity contribution is 7.92. The molecule has 0 bridgehead atoms. The molecular weight excluding hydrogens is 1060 g/mol. The lowest BCUT2D eigenvalue weighted by Gasteiger charge is -2.25. The Bertz CT molecular complexity index is 3220. The number of rotatable bonds is 17. The largest absolute Gasteiger partial charge is 0.481 e. The van der Waals surface area contributed by atoms with Crippen molar-refractivity contribution in [3.8, 4) is 11.1 Å². The molecule has 1 aliphatic carbocycles. The second-order valence-electron chi connectivity index (χ2n) is 18.2. The first-order valence-corrected chi connectivity index (χ1v) is 25.7. The maximum absolute atomic E-state index is 15.6. The molecular formula is C44H44ClF10N7O9S2. The van der Waals surface area contributed by atoms with E-state index in [1.165, 1.54) is 26.0 Å². The third-order valence-corrected chi connectivity index (χ3v) is 15.5. The zero-order valence-corrected chi connectivity index (χ0v) is 41.5. The third kappa shape index (κ3) is 12.3. The van der Waals surface area contributed by atoms with E-state index in [-0.39, 0.29) is 48.9 Å². The van der Waals surface area contributed by atoms with E-state index in [0.29, 0.717) is 12.3 Å². The Labute approximate surface area is 414 Å². The number of pyridine rings is 1. The van der Waals surface area contributed by atoms with E-state index in [0.717, 1.165) is 44.4 Å². The summed E-state index contributed by atoms with van der Waals surface area (Å²) in [4.78, 5) is 43.7. The first kappa shape index (κ1) is 56.3. The molecule has 0 unspecified atom stereocenters. The fourth-order valence-corrected chi connectivity index (χ4v) is 9.65. The van der Waals surface area contributed by atoms with Crippen molar-refractivity contribution in [2.24, 2.45) is 5.92 Å². The summed E-state index contributed by atoms with van der Waals surface area (Å²) in [5.41, 5.74) is -5.76. The summed E-state index contributed by atoms with van der Waals surface area (Å²) in [6.07, 6.45) is -15.0. The van der Waals surface area contributed by atoms with Crippen molar-refractivity contribution < 1.29 is 85.0 Å². The Morgan fingerprint density at radius 2 is 1.58 bits per heavy atom. The smallest absolute Gasteiger partial charge is 0.435 e. The maximum atomic E-state index is 15.6. The normalized spacial score (nSPS) is 16.0. The number of sulfone groups is 1. The van der Waals surface area contributed by atoms with Crippen LogP contribution in [-0.4, -0.2) is 94.0 Å². The first-order chi connectivity index (χ1) is 33.4. The number of aliphatic carboxylic acids is 1. The minimum absolute atomic E-state index is 0.0182. The lowest BCUT2D eigenvalue weighted by atomic mass is 9.93. The zero-order chi connectivity index (χ0) is 54.7. The van der Waals surface area contributed by atoms with Crippen molar-refractivity contribution in [1.82, 2.24) is 29.9 Å². The zero-order valence-electron chi connectivity index (χ0n) is 39.1. The van der Waals surface area contributed by atoms with Crippen LogP contribution < -0.4 is 9.62 Å². The topological polar surface area (TPSA) is 213 Å². The number of halogens is 11. The van der Waals surface area contributed by atoms with Gasteiger partial charge in [-0.2, -0.15) is 49.6 Å². The Morgan fingerprint density at radius 3 is 2.14 bits per heavy atom. The van der Waals surface area contributed by atoms with E-state index >= 15 is 8.78 Å². The second kappa shape index (κ2) is 20.0. The molecule has 3 atom stereocenters. The van der Waals surface area contributed by atoms with E-state index in [1.54, 1.807) is 0 Å². The van der Waals surface area contributed by atoms with E-state index in [4.69, 9.17) is 16.3 Å². The number of benzene rings is 2. The van der Waals surface area contributed by atoms with Crippen molar-refractivity contribution in [2.45, 2.75) is 108 Å². The second-order valence-corrected chi connectivity index (χ2v) is 23.1. The van der Waals surface area contributed by atoms with Gasteiger partial charge in [0.2, 0.25) is 15.9 Å². The van der Waals surface area contributed by atoms with Crippen molar-refractivity contribution in [2.75, 3.05) is 16.8 Å². The lowest BCUT2D eigenvalue weighted by molar-refractivity contribution is -0.143. The Hall–Kier alpha value is -6.03. The molecule has 2 amide bonds. The summed E-state index contributed by atoms with van der Waals surface area (Å²) in [7, 11) is -8.71. The molecule has 0 saturated carbocycles. The summed E-state index contributed by atoms with van der Waals surface area (Å²) in [5, 5.41) is 17.6. The highest BCUT2D eigenvalue weighted by Crippen LogP contribution is 2.50. The predicted octanol–water partition coefficient (Wildman–Crippen LogP) is 8.71. The van der Waals surface area contributed by atoms with Crippen LogP contribution in [-0.2, 0) is 78.6 Å². The lowest BCUT2D eigenvalue weighted by Crippen LogP contribution is -2.39. The molecule has 3 aromatic heterocycles. The Balaban J connectivity index is 1.63. The van der Waals surface area contributed by atoms with Crippen LogP contribution in [0.3, 0.4) is 0 Å². The molecule has 5 aromatic rings. The number of carboxylic acid groups (broad SMARTS) is 1. The van der Waals surface area contributed by atoms with Gasteiger partial charge in [0.25, 0.3) is 5.92 Å². The van der Waals surface area contributed by atoms with E-state index in [1.807, 2.05) is 0 Å². The van der Waals surface area contributed by atoms with Crippen LogP contribution in [0, 0.1) is 17.6 Å². The molecule has 73 heavy (non-hydrogen) atoms. The fraction of sp³-hybridized carbons (Fsp3) is 0.455. The molecule has 398 valence electrons. The van der Waals surface area contributed by atoms with Crippen LogP contribution in [0.25, 0.3) is 22.0 Å². The van der Waals surface area contributed by atoms with E-state index < -0.39 is 167 Å².